The third kappa shape index (κ3) is 5.81. The molecule has 6 aliphatic rings. The van der Waals surface area contributed by atoms with Crippen LogP contribution in [0.3, 0.4) is 0 Å². The van der Waals surface area contributed by atoms with Crippen LogP contribution in [0.1, 0.15) is 60.8 Å². The molecule has 1 spiro atoms. The molecule has 0 bridgehead atoms. The largest absolute Gasteiger partial charge is 0.493 e. The van der Waals surface area contributed by atoms with Crippen LogP contribution in [0.5, 0.6) is 28.7 Å². The minimum atomic E-state index is -1.72. The number of carboxylic acid groups (broad SMARTS) is 1. The number of ether oxygens (including phenoxy) is 7. The van der Waals surface area contributed by atoms with Gasteiger partial charge in [0.25, 0.3) is 0 Å². The Bertz CT molecular complexity index is 1870. The molecule has 8 rings (SSSR count). The van der Waals surface area contributed by atoms with Gasteiger partial charge in [0, 0.05) is 48.3 Å². The van der Waals surface area contributed by atoms with E-state index < -0.39 is 67.4 Å². The summed E-state index contributed by atoms with van der Waals surface area (Å²) in [7, 11) is 3.18. The van der Waals surface area contributed by atoms with Crippen molar-refractivity contribution in [1.29, 1.82) is 0 Å². The summed E-state index contributed by atoms with van der Waals surface area (Å²) in [5, 5.41) is 41.1. The first-order chi connectivity index (χ1) is 25.1. The topological polar surface area (TPSA) is 195 Å². The number of allylic oxidation sites excluding steroid dienone is 1. The van der Waals surface area contributed by atoms with E-state index in [0.717, 1.165) is 53.6 Å². The summed E-state index contributed by atoms with van der Waals surface area (Å²) in [4.78, 5) is 29.4. The zero-order valence-corrected chi connectivity index (χ0v) is 28.6. The van der Waals surface area contributed by atoms with Gasteiger partial charge in [-0.25, -0.2) is 0 Å². The molecule has 15 heteroatoms. The van der Waals surface area contributed by atoms with Crippen molar-refractivity contribution in [1.82, 2.24) is 4.90 Å². The molecule has 5 heterocycles. The molecule has 0 unspecified atom stereocenters. The number of rotatable bonds is 10. The predicted molar refractivity (Wildman–Crippen MR) is 180 cm³/mol. The summed E-state index contributed by atoms with van der Waals surface area (Å²) in [6.45, 7) is 0.485. The summed E-state index contributed by atoms with van der Waals surface area (Å²) in [6, 6.07) is 7.46. The first-order valence-electron chi connectivity index (χ1n) is 17.3. The number of aliphatic carboxylic acids is 1. The number of benzene rings is 2. The SMILES string of the molecule is COc1ccc2c(c1OC)O[C@H]1c3c(CN4C=C5N=CC=C5C4)cc(O[C@@H]4O[C@H](COC(=O)CC(=O)O)[C@@H](O)[C@H](O)[C@H]4O)cc3OC3(CCCC3)[C@@H]21. The predicted octanol–water partition coefficient (Wildman–Crippen LogP) is 2.50. The molecule has 52 heavy (non-hydrogen) atoms. The Balaban J connectivity index is 1.16. The summed E-state index contributed by atoms with van der Waals surface area (Å²) in [5.74, 6) is -0.0842. The number of fused-ring (bicyclic) bond motifs is 7. The Hall–Kier alpha value is -4.83. The van der Waals surface area contributed by atoms with Crippen LogP contribution in [0.25, 0.3) is 0 Å². The third-order valence-electron chi connectivity index (χ3n) is 10.7. The van der Waals surface area contributed by atoms with E-state index in [-0.39, 0.29) is 11.7 Å². The van der Waals surface area contributed by atoms with Crippen LogP contribution in [-0.4, -0.2) is 107 Å². The second kappa shape index (κ2) is 13.3. The van der Waals surface area contributed by atoms with Gasteiger partial charge < -0.3 is 58.5 Å². The molecule has 5 aliphatic heterocycles. The zero-order chi connectivity index (χ0) is 36.3. The molecular weight excluding hydrogens is 680 g/mol. The van der Waals surface area contributed by atoms with Gasteiger partial charge in [0.15, 0.2) is 11.5 Å². The number of hydrogen-bond donors (Lipinski definition) is 4. The van der Waals surface area contributed by atoms with E-state index in [2.05, 4.69) is 9.89 Å². The highest BCUT2D eigenvalue weighted by molar-refractivity contribution is 5.90. The van der Waals surface area contributed by atoms with Gasteiger partial charge in [0.05, 0.1) is 25.8 Å². The Kier molecular flexibility index (Phi) is 8.76. The molecule has 1 saturated carbocycles. The van der Waals surface area contributed by atoms with Crippen LogP contribution in [0, 0.1) is 0 Å². The third-order valence-corrected chi connectivity index (χ3v) is 10.7. The van der Waals surface area contributed by atoms with Gasteiger partial charge in [0.2, 0.25) is 12.0 Å². The fraction of sp³-hybridized carbons (Fsp3) is 0.486. The quantitative estimate of drug-likeness (QED) is 0.207. The van der Waals surface area contributed by atoms with Gasteiger partial charge in [-0.05, 0) is 49.5 Å². The molecule has 4 N–H and O–H groups in total. The van der Waals surface area contributed by atoms with Crippen LogP contribution in [-0.2, 0) is 25.6 Å². The second-order valence-corrected chi connectivity index (χ2v) is 13.9. The summed E-state index contributed by atoms with van der Waals surface area (Å²) >= 11 is 0. The molecule has 2 fully saturated rings. The van der Waals surface area contributed by atoms with Crippen molar-refractivity contribution < 1.29 is 63.2 Å². The molecule has 0 radical (unpaired) electrons. The summed E-state index contributed by atoms with van der Waals surface area (Å²) in [5.41, 5.74) is 4.05. The Morgan fingerprint density at radius 2 is 1.87 bits per heavy atom. The molecule has 276 valence electrons. The lowest BCUT2D eigenvalue weighted by molar-refractivity contribution is -0.278. The van der Waals surface area contributed by atoms with E-state index in [1.165, 1.54) is 0 Å². The van der Waals surface area contributed by atoms with Crippen LogP contribution >= 0.6 is 0 Å². The number of aliphatic imine (C=N–C) groups is 1. The second-order valence-electron chi connectivity index (χ2n) is 13.9. The van der Waals surface area contributed by atoms with Crippen molar-refractivity contribution in [2.45, 2.75) is 87.0 Å². The van der Waals surface area contributed by atoms with Crippen molar-refractivity contribution >= 4 is 18.2 Å². The summed E-state index contributed by atoms with van der Waals surface area (Å²) < 4.78 is 42.4. The van der Waals surface area contributed by atoms with Crippen LogP contribution in [0.2, 0.25) is 0 Å². The number of methoxy groups -OCH3 is 2. The van der Waals surface area contributed by atoms with E-state index in [1.54, 1.807) is 26.5 Å². The van der Waals surface area contributed by atoms with E-state index in [9.17, 15) is 24.9 Å². The number of esters is 1. The highest BCUT2D eigenvalue weighted by atomic mass is 16.7. The van der Waals surface area contributed by atoms with Crippen LogP contribution < -0.4 is 23.7 Å². The van der Waals surface area contributed by atoms with Crippen LogP contribution in [0.15, 0.2) is 52.8 Å². The standard InChI is InChI=1S/C37H40N2O13/c1-46-23-6-5-21-29-35(51-33(21)34(23)47-2)28-19(15-39-14-18-7-10-38-22(18)16-39)11-20(12-24(28)52-37(29)8-3-4-9-37)49-36-32(45)31(44)30(43)25(50-36)17-48-27(42)13-26(40)41/h5-7,10-12,16,25,29-32,35-36,43-45H,3-4,8-9,13-15,17H2,1-2H3,(H,40,41)/t25-,29+,30-,31+,32-,35+,36-/m1/s1. The molecule has 0 aromatic heterocycles. The molecule has 1 aliphatic carbocycles. The fourth-order valence-corrected chi connectivity index (χ4v) is 8.37. The smallest absolute Gasteiger partial charge is 0.317 e. The van der Waals surface area contributed by atoms with Crippen molar-refractivity contribution in [3.8, 4) is 28.7 Å². The highest BCUT2D eigenvalue weighted by Gasteiger charge is 2.58. The number of nitrogens with zero attached hydrogens (tertiary/aromatic N) is 2. The maximum Gasteiger partial charge on any atom is 0.317 e. The van der Waals surface area contributed by atoms with E-state index in [0.29, 0.717) is 36.1 Å². The Morgan fingerprint density at radius 1 is 1.06 bits per heavy atom. The fourth-order valence-electron chi connectivity index (χ4n) is 8.37. The molecule has 2 aromatic rings. The summed E-state index contributed by atoms with van der Waals surface area (Å²) in [6.07, 6.45) is 0.100. The van der Waals surface area contributed by atoms with Gasteiger partial charge in [-0.15, -0.1) is 0 Å². The number of aliphatic hydroxyl groups excluding tert-OH is 3. The average Bonchev–Trinajstić information content (AvgIpc) is 3.91. The number of carbonyl (C=O) groups excluding carboxylic acids is 1. The van der Waals surface area contributed by atoms with Gasteiger partial charge in [-0.2, -0.15) is 0 Å². The number of aliphatic hydroxyl groups is 3. The maximum absolute atomic E-state index is 11.9. The Labute approximate surface area is 298 Å². The van der Waals surface area contributed by atoms with Gasteiger partial charge in [-0.3, -0.25) is 14.6 Å². The van der Waals surface area contributed by atoms with Gasteiger partial charge in [-0.1, -0.05) is 6.07 Å². The van der Waals surface area contributed by atoms with Crippen molar-refractivity contribution in [2.24, 2.45) is 4.99 Å². The molecule has 1 saturated heterocycles. The van der Waals surface area contributed by atoms with E-state index in [4.69, 9.17) is 38.3 Å². The van der Waals surface area contributed by atoms with E-state index >= 15 is 0 Å². The molecule has 7 atom stereocenters. The molecular formula is C37H40N2O13. The lowest BCUT2D eigenvalue weighted by Crippen LogP contribution is -2.60. The minimum absolute atomic E-state index is 0.142. The maximum atomic E-state index is 11.9. The first-order valence-corrected chi connectivity index (χ1v) is 17.3. The molecule has 2 aromatic carbocycles. The van der Waals surface area contributed by atoms with Crippen LogP contribution in [0.4, 0.5) is 0 Å². The highest BCUT2D eigenvalue weighted by Crippen LogP contribution is 2.64. The minimum Gasteiger partial charge on any atom is -0.493 e. The lowest BCUT2D eigenvalue weighted by Gasteiger charge is -2.44. The zero-order valence-electron chi connectivity index (χ0n) is 28.6. The number of carbonyl (C=O) groups is 2. The van der Waals surface area contributed by atoms with E-state index in [1.807, 2.05) is 30.5 Å². The normalized spacial score (nSPS) is 28.9. The lowest BCUT2D eigenvalue weighted by atomic mass is 9.73. The number of hydrogen-bond acceptors (Lipinski definition) is 14. The first kappa shape index (κ1) is 34.3. The van der Waals surface area contributed by atoms with Crippen molar-refractivity contribution in [2.75, 3.05) is 27.4 Å². The average molecular weight is 721 g/mol. The van der Waals surface area contributed by atoms with Crippen molar-refractivity contribution in [3.05, 3.63) is 64.5 Å². The molecule has 15 nitrogen and oxygen atoms in total. The molecule has 0 amide bonds. The van der Waals surface area contributed by atoms with Gasteiger partial charge in [0.1, 0.15) is 60.6 Å². The number of carboxylic acids is 1. The monoisotopic (exact) mass is 720 g/mol. The Morgan fingerprint density at radius 3 is 2.60 bits per heavy atom. The van der Waals surface area contributed by atoms with Crippen molar-refractivity contribution in [3.63, 3.8) is 0 Å². The van der Waals surface area contributed by atoms with Gasteiger partial charge >= 0.3 is 11.9 Å².